The SMILES string of the molecule is N#Cc1cccc(C2CC(=O)C=C[C@@]23C(=O)Nc2cc(Cl)ccc23)c1. The second-order valence-electron chi connectivity index (χ2n) is 6.31. The number of fused-ring (bicyclic) bond motifs is 2. The number of amides is 1. The maximum absolute atomic E-state index is 13.0. The van der Waals surface area contributed by atoms with Crippen LogP contribution in [0.2, 0.25) is 5.02 Å². The Morgan fingerprint density at radius 3 is 2.84 bits per heavy atom. The maximum Gasteiger partial charge on any atom is 0.239 e. The summed E-state index contributed by atoms with van der Waals surface area (Å²) in [5.74, 6) is -0.588. The summed E-state index contributed by atoms with van der Waals surface area (Å²) in [4.78, 5) is 25.1. The number of nitrogens with one attached hydrogen (secondary N) is 1. The zero-order valence-electron chi connectivity index (χ0n) is 13.1. The number of carbonyl (C=O) groups excluding carboxylic acids is 2. The van der Waals surface area contributed by atoms with Gasteiger partial charge in [-0.2, -0.15) is 5.26 Å². The molecule has 2 aromatic carbocycles. The lowest BCUT2D eigenvalue weighted by Crippen LogP contribution is -2.42. The van der Waals surface area contributed by atoms with Crippen molar-refractivity contribution in [1.82, 2.24) is 0 Å². The number of halogens is 1. The molecule has 1 heterocycles. The van der Waals surface area contributed by atoms with E-state index in [1.165, 1.54) is 6.08 Å². The van der Waals surface area contributed by atoms with E-state index in [2.05, 4.69) is 11.4 Å². The van der Waals surface area contributed by atoms with Crippen molar-refractivity contribution in [1.29, 1.82) is 5.26 Å². The first-order valence-electron chi connectivity index (χ1n) is 7.88. The van der Waals surface area contributed by atoms with E-state index in [9.17, 15) is 14.9 Å². The predicted octanol–water partition coefficient (Wildman–Crippen LogP) is 3.71. The standard InChI is InChI=1S/C20H13ClN2O2/c21-14-4-5-16-18(9-14)23-19(25)20(16)7-6-15(24)10-17(20)13-3-1-2-12(8-13)11-22/h1-9,17H,10H2,(H,23,25)/t17?,20-/m0/s1. The van der Waals surface area contributed by atoms with Crippen molar-refractivity contribution in [3.63, 3.8) is 0 Å². The Kier molecular flexibility index (Phi) is 3.48. The average Bonchev–Trinajstić information content (AvgIpc) is 2.88. The fourth-order valence-corrected chi connectivity index (χ4v) is 3.99. The normalized spacial score (nSPS) is 24.1. The third-order valence-corrected chi connectivity index (χ3v) is 5.19. The van der Waals surface area contributed by atoms with Crippen LogP contribution in [0.1, 0.15) is 29.0 Å². The van der Waals surface area contributed by atoms with Crippen molar-refractivity contribution in [3.05, 3.63) is 76.3 Å². The summed E-state index contributed by atoms with van der Waals surface area (Å²) in [6, 6.07) is 14.5. The van der Waals surface area contributed by atoms with E-state index in [1.807, 2.05) is 12.1 Å². The van der Waals surface area contributed by atoms with Crippen LogP contribution >= 0.6 is 11.6 Å². The molecule has 0 radical (unpaired) electrons. The maximum atomic E-state index is 13.0. The molecular formula is C20H13ClN2O2. The van der Waals surface area contributed by atoms with Gasteiger partial charge in [0.15, 0.2) is 5.78 Å². The molecule has 0 aromatic heterocycles. The van der Waals surface area contributed by atoms with Gasteiger partial charge in [-0.25, -0.2) is 0 Å². The van der Waals surface area contributed by atoms with Crippen molar-refractivity contribution < 1.29 is 9.59 Å². The highest BCUT2D eigenvalue weighted by Gasteiger charge is 2.53. The number of hydrogen-bond acceptors (Lipinski definition) is 3. The molecule has 2 atom stereocenters. The van der Waals surface area contributed by atoms with Gasteiger partial charge in [-0.15, -0.1) is 0 Å². The van der Waals surface area contributed by atoms with Crippen LogP contribution in [0.15, 0.2) is 54.6 Å². The van der Waals surface area contributed by atoms with E-state index in [4.69, 9.17) is 11.6 Å². The molecule has 122 valence electrons. The summed E-state index contributed by atoms with van der Waals surface area (Å²) in [6.07, 6.45) is 3.38. The molecule has 4 nitrogen and oxygen atoms in total. The third-order valence-electron chi connectivity index (χ3n) is 4.96. The van der Waals surface area contributed by atoms with Gasteiger partial charge in [0.1, 0.15) is 5.41 Å². The lowest BCUT2D eigenvalue weighted by atomic mass is 9.64. The number of allylic oxidation sites excluding steroid dienone is 1. The summed E-state index contributed by atoms with van der Waals surface area (Å²) in [5.41, 5.74) is 1.80. The van der Waals surface area contributed by atoms with Crippen molar-refractivity contribution in [2.75, 3.05) is 5.32 Å². The minimum absolute atomic E-state index is 0.0341. The first-order valence-corrected chi connectivity index (χ1v) is 8.26. The van der Waals surface area contributed by atoms with Gasteiger partial charge in [-0.05, 0) is 41.5 Å². The lowest BCUT2D eigenvalue weighted by molar-refractivity contribution is -0.121. The van der Waals surface area contributed by atoms with Gasteiger partial charge in [-0.1, -0.05) is 35.9 Å². The van der Waals surface area contributed by atoms with Crippen LogP contribution < -0.4 is 5.32 Å². The van der Waals surface area contributed by atoms with Crippen LogP contribution in [-0.4, -0.2) is 11.7 Å². The van der Waals surface area contributed by atoms with Crippen LogP contribution in [-0.2, 0) is 15.0 Å². The summed E-state index contributed by atoms with van der Waals surface area (Å²) in [6.45, 7) is 0. The summed E-state index contributed by atoms with van der Waals surface area (Å²) < 4.78 is 0. The number of benzene rings is 2. The first kappa shape index (κ1) is 15.6. The predicted molar refractivity (Wildman–Crippen MR) is 94.4 cm³/mol. The summed E-state index contributed by atoms with van der Waals surface area (Å²) >= 11 is 6.06. The fraction of sp³-hybridized carbons (Fsp3) is 0.150. The molecule has 1 aliphatic carbocycles. The van der Waals surface area contributed by atoms with E-state index >= 15 is 0 Å². The molecule has 1 spiro atoms. The zero-order chi connectivity index (χ0) is 17.6. The van der Waals surface area contributed by atoms with Crippen LogP contribution in [0.25, 0.3) is 0 Å². The molecule has 25 heavy (non-hydrogen) atoms. The summed E-state index contributed by atoms with van der Waals surface area (Å²) in [7, 11) is 0. The Morgan fingerprint density at radius 1 is 1.20 bits per heavy atom. The molecule has 5 heteroatoms. The Bertz CT molecular complexity index is 989. The fourth-order valence-electron chi connectivity index (χ4n) is 3.82. The van der Waals surface area contributed by atoms with E-state index in [1.54, 1.807) is 36.4 Å². The van der Waals surface area contributed by atoms with Gasteiger partial charge >= 0.3 is 0 Å². The minimum Gasteiger partial charge on any atom is -0.325 e. The zero-order valence-corrected chi connectivity index (χ0v) is 13.9. The van der Waals surface area contributed by atoms with E-state index in [0.717, 1.165) is 11.1 Å². The van der Waals surface area contributed by atoms with Gasteiger partial charge in [0.25, 0.3) is 0 Å². The third kappa shape index (κ3) is 2.28. The first-order chi connectivity index (χ1) is 12.0. The number of hydrogen-bond donors (Lipinski definition) is 1. The summed E-state index contributed by atoms with van der Waals surface area (Å²) in [5, 5.41) is 12.6. The molecule has 1 aliphatic heterocycles. The number of ketones is 1. The molecule has 0 saturated heterocycles. The van der Waals surface area contributed by atoms with Crippen LogP contribution in [0.3, 0.4) is 0 Å². The molecule has 4 rings (SSSR count). The Hall–Kier alpha value is -2.90. The smallest absolute Gasteiger partial charge is 0.239 e. The van der Waals surface area contributed by atoms with Gasteiger partial charge < -0.3 is 5.32 Å². The quantitative estimate of drug-likeness (QED) is 0.854. The number of carbonyl (C=O) groups is 2. The monoisotopic (exact) mass is 348 g/mol. The number of anilines is 1. The Labute approximate surface area is 149 Å². The van der Waals surface area contributed by atoms with Crippen molar-refractivity contribution in [3.8, 4) is 6.07 Å². The second-order valence-corrected chi connectivity index (χ2v) is 6.74. The molecule has 0 fully saturated rings. The minimum atomic E-state index is -0.970. The van der Waals surface area contributed by atoms with E-state index in [0.29, 0.717) is 16.3 Å². The number of nitrogens with zero attached hydrogens (tertiary/aromatic N) is 1. The second kappa shape index (κ2) is 5.58. The van der Waals surface area contributed by atoms with Crippen molar-refractivity contribution in [2.24, 2.45) is 0 Å². The molecule has 1 N–H and O–H groups in total. The van der Waals surface area contributed by atoms with Gasteiger partial charge in [0.2, 0.25) is 5.91 Å². The van der Waals surface area contributed by atoms with Crippen LogP contribution in [0, 0.1) is 11.3 Å². The Balaban J connectivity index is 1.95. The average molecular weight is 349 g/mol. The van der Waals surface area contributed by atoms with Gasteiger partial charge in [-0.3, -0.25) is 9.59 Å². The molecule has 0 bridgehead atoms. The largest absolute Gasteiger partial charge is 0.325 e. The topological polar surface area (TPSA) is 70.0 Å². The lowest BCUT2D eigenvalue weighted by Gasteiger charge is -2.36. The van der Waals surface area contributed by atoms with Gasteiger partial charge in [0.05, 0.1) is 11.6 Å². The molecule has 2 aliphatic rings. The van der Waals surface area contributed by atoms with Crippen molar-refractivity contribution in [2.45, 2.75) is 17.8 Å². The molecule has 0 saturated carbocycles. The molecule has 2 aromatic rings. The van der Waals surface area contributed by atoms with E-state index in [-0.39, 0.29) is 24.0 Å². The highest BCUT2D eigenvalue weighted by atomic mass is 35.5. The van der Waals surface area contributed by atoms with Crippen LogP contribution in [0.5, 0.6) is 0 Å². The molecular weight excluding hydrogens is 336 g/mol. The van der Waals surface area contributed by atoms with E-state index < -0.39 is 5.41 Å². The number of nitriles is 1. The molecule has 1 unspecified atom stereocenters. The highest BCUT2D eigenvalue weighted by molar-refractivity contribution is 6.31. The van der Waals surface area contributed by atoms with Crippen LogP contribution in [0.4, 0.5) is 5.69 Å². The van der Waals surface area contributed by atoms with Crippen molar-refractivity contribution >= 4 is 29.0 Å². The molecule has 1 amide bonds. The number of rotatable bonds is 1. The highest BCUT2D eigenvalue weighted by Crippen LogP contribution is 2.52. The van der Waals surface area contributed by atoms with Gasteiger partial charge in [0, 0.05) is 23.0 Å². The Morgan fingerprint density at radius 2 is 2.04 bits per heavy atom.